The van der Waals surface area contributed by atoms with Crippen molar-refractivity contribution in [3.8, 4) is 0 Å². The first kappa shape index (κ1) is 15.8. The average Bonchev–Trinajstić information content (AvgIpc) is 2.54. The number of fused-ring (bicyclic) bond motifs is 1. The maximum Gasteiger partial charge on any atom is 0.277 e. The van der Waals surface area contributed by atoms with Gasteiger partial charge in [0.2, 0.25) is 0 Å². The molecule has 3 rings (SSSR count). The van der Waals surface area contributed by atoms with E-state index in [-0.39, 0.29) is 5.56 Å². The number of hydrogen-bond acceptors (Lipinski definition) is 5. The molecule has 2 heterocycles. The van der Waals surface area contributed by atoms with Crippen LogP contribution in [0.25, 0.3) is 11.0 Å². The number of nitrogens with zero attached hydrogens (tertiary/aromatic N) is 2. The number of hydroxylamine groups is 1. The zero-order valence-electron chi connectivity index (χ0n) is 13.1. The third-order valence-corrected chi connectivity index (χ3v) is 3.81. The number of aromatic nitrogens is 2. The normalized spacial score (nSPS) is 18.1. The number of halogens is 1. The van der Waals surface area contributed by atoms with Gasteiger partial charge in [-0.25, -0.2) is 24.7 Å². The predicted octanol–water partition coefficient (Wildman–Crippen LogP) is 2.57. The quantitative estimate of drug-likeness (QED) is 0.880. The summed E-state index contributed by atoms with van der Waals surface area (Å²) in [7, 11) is 0. The lowest BCUT2D eigenvalue weighted by atomic mass is 10.1. The van der Waals surface area contributed by atoms with Crippen molar-refractivity contribution in [1.82, 2.24) is 15.4 Å². The Hall–Kier alpha value is -2.12. The van der Waals surface area contributed by atoms with Gasteiger partial charge in [-0.05, 0) is 32.8 Å². The summed E-state index contributed by atoms with van der Waals surface area (Å²) in [4.78, 5) is 26.2. The Kier molecular flexibility index (Phi) is 4.49. The largest absolute Gasteiger partial charge is 0.350 e. The first-order valence-electron chi connectivity index (χ1n) is 7.56. The summed E-state index contributed by atoms with van der Waals surface area (Å²) < 4.78 is 19.1. The molecule has 0 bridgehead atoms. The SMILES string of the molecule is Cc1nc2cc(F)cc(C(=O)NO[C@@H]3CCCCO3)c2nc1C. The molecule has 1 aliphatic rings. The van der Waals surface area contributed by atoms with Crippen molar-refractivity contribution in [2.24, 2.45) is 0 Å². The third-order valence-electron chi connectivity index (χ3n) is 3.81. The van der Waals surface area contributed by atoms with Crippen LogP contribution in [-0.2, 0) is 9.57 Å². The second-order valence-electron chi connectivity index (χ2n) is 5.56. The second-order valence-corrected chi connectivity index (χ2v) is 5.56. The topological polar surface area (TPSA) is 73.3 Å². The van der Waals surface area contributed by atoms with E-state index in [2.05, 4.69) is 15.4 Å². The Balaban J connectivity index is 1.85. The summed E-state index contributed by atoms with van der Waals surface area (Å²) in [6.45, 7) is 4.18. The minimum absolute atomic E-state index is 0.0893. The van der Waals surface area contributed by atoms with Crippen LogP contribution in [-0.4, -0.2) is 28.8 Å². The summed E-state index contributed by atoms with van der Waals surface area (Å²) in [5.41, 5.74) is 4.49. The van der Waals surface area contributed by atoms with Crippen molar-refractivity contribution in [2.45, 2.75) is 39.4 Å². The fourth-order valence-electron chi connectivity index (χ4n) is 2.45. The monoisotopic (exact) mass is 319 g/mol. The first-order chi connectivity index (χ1) is 11.0. The molecule has 7 heteroatoms. The van der Waals surface area contributed by atoms with Gasteiger partial charge in [0.1, 0.15) is 11.3 Å². The van der Waals surface area contributed by atoms with E-state index in [1.54, 1.807) is 13.8 Å². The standard InChI is InChI=1S/C16H18FN3O3/c1-9-10(2)19-15-12(7-11(17)8-13(15)18-9)16(21)20-23-14-5-3-4-6-22-14/h7-8,14H,3-6H2,1-2H3,(H,20,21)/t14-/m1/s1. The number of hydrogen-bond donors (Lipinski definition) is 1. The van der Waals surface area contributed by atoms with Crippen LogP contribution >= 0.6 is 0 Å². The zero-order chi connectivity index (χ0) is 16.4. The minimum Gasteiger partial charge on any atom is -0.350 e. The second kappa shape index (κ2) is 6.55. The molecule has 1 amide bonds. The summed E-state index contributed by atoms with van der Waals surface area (Å²) in [6.07, 6.45) is 2.20. The van der Waals surface area contributed by atoms with Crippen LogP contribution in [0.1, 0.15) is 41.0 Å². The predicted molar refractivity (Wildman–Crippen MR) is 81.1 cm³/mol. The molecule has 6 nitrogen and oxygen atoms in total. The molecule has 1 aromatic heterocycles. The van der Waals surface area contributed by atoms with E-state index in [1.165, 1.54) is 6.07 Å². The number of rotatable bonds is 3. The minimum atomic E-state index is -0.568. The molecule has 0 unspecified atom stereocenters. The van der Waals surface area contributed by atoms with Crippen LogP contribution in [0.5, 0.6) is 0 Å². The van der Waals surface area contributed by atoms with Crippen LogP contribution in [0.4, 0.5) is 4.39 Å². The fourth-order valence-corrected chi connectivity index (χ4v) is 2.45. The van der Waals surface area contributed by atoms with E-state index in [0.717, 1.165) is 18.9 Å². The van der Waals surface area contributed by atoms with Gasteiger partial charge in [-0.15, -0.1) is 0 Å². The molecule has 2 aromatic rings. The lowest BCUT2D eigenvalue weighted by Crippen LogP contribution is -2.33. The maximum atomic E-state index is 13.8. The summed E-state index contributed by atoms with van der Waals surface area (Å²) >= 11 is 0. The number of carbonyl (C=O) groups is 1. The maximum absolute atomic E-state index is 13.8. The lowest BCUT2D eigenvalue weighted by molar-refractivity contribution is -0.186. The van der Waals surface area contributed by atoms with Gasteiger partial charge in [-0.1, -0.05) is 0 Å². The Morgan fingerprint density at radius 2 is 2.09 bits per heavy atom. The lowest BCUT2D eigenvalue weighted by Gasteiger charge is -2.22. The van der Waals surface area contributed by atoms with Gasteiger partial charge in [0.05, 0.1) is 22.5 Å². The van der Waals surface area contributed by atoms with Gasteiger partial charge < -0.3 is 4.74 Å². The van der Waals surface area contributed by atoms with Crippen molar-refractivity contribution < 1.29 is 18.8 Å². The van der Waals surface area contributed by atoms with E-state index in [1.807, 2.05) is 0 Å². The molecule has 1 atom stereocenters. The first-order valence-corrected chi connectivity index (χ1v) is 7.56. The number of ether oxygens (including phenoxy) is 1. The number of carbonyl (C=O) groups excluding carboxylic acids is 1. The molecule has 1 fully saturated rings. The zero-order valence-corrected chi connectivity index (χ0v) is 13.1. The Morgan fingerprint density at radius 3 is 2.83 bits per heavy atom. The highest BCUT2D eigenvalue weighted by molar-refractivity contribution is 6.04. The van der Waals surface area contributed by atoms with Crippen molar-refractivity contribution in [3.63, 3.8) is 0 Å². The third kappa shape index (κ3) is 3.46. The fraction of sp³-hybridized carbons (Fsp3) is 0.438. The van der Waals surface area contributed by atoms with E-state index in [0.29, 0.717) is 35.4 Å². The molecule has 1 N–H and O–H groups in total. The molecular weight excluding hydrogens is 301 g/mol. The van der Waals surface area contributed by atoms with E-state index < -0.39 is 18.0 Å². The van der Waals surface area contributed by atoms with E-state index in [9.17, 15) is 9.18 Å². The van der Waals surface area contributed by atoms with Crippen molar-refractivity contribution in [2.75, 3.05) is 6.61 Å². The van der Waals surface area contributed by atoms with Gasteiger partial charge >= 0.3 is 0 Å². The van der Waals surface area contributed by atoms with E-state index >= 15 is 0 Å². The smallest absolute Gasteiger partial charge is 0.277 e. The summed E-state index contributed by atoms with van der Waals surface area (Å²) in [5, 5.41) is 0. The van der Waals surface area contributed by atoms with Gasteiger partial charge in [-0.2, -0.15) is 0 Å². The molecule has 0 radical (unpaired) electrons. The van der Waals surface area contributed by atoms with Gasteiger partial charge in [0.15, 0.2) is 6.29 Å². The number of amides is 1. The van der Waals surface area contributed by atoms with Crippen LogP contribution < -0.4 is 5.48 Å². The highest BCUT2D eigenvalue weighted by Gasteiger charge is 2.19. The van der Waals surface area contributed by atoms with Crippen LogP contribution in [0, 0.1) is 19.7 Å². The Labute approximate surface area is 133 Å². The molecule has 0 spiro atoms. The molecule has 1 aliphatic heterocycles. The Bertz CT molecular complexity index is 745. The number of benzene rings is 1. The number of aryl methyl sites for hydroxylation is 2. The Morgan fingerprint density at radius 1 is 1.30 bits per heavy atom. The van der Waals surface area contributed by atoms with Crippen LogP contribution in [0.15, 0.2) is 12.1 Å². The number of nitrogens with one attached hydrogen (secondary N) is 1. The molecule has 0 saturated carbocycles. The molecular formula is C16H18FN3O3. The van der Waals surface area contributed by atoms with Gasteiger partial charge in [0, 0.05) is 19.1 Å². The van der Waals surface area contributed by atoms with Gasteiger partial charge in [-0.3, -0.25) is 4.79 Å². The summed E-state index contributed by atoms with van der Waals surface area (Å²) in [5.74, 6) is -1.12. The van der Waals surface area contributed by atoms with Crippen LogP contribution in [0.3, 0.4) is 0 Å². The van der Waals surface area contributed by atoms with Gasteiger partial charge in [0.25, 0.3) is 5.91 Å². The molecule has 122 valence electrons. The summed E-state index contributed by atoms with van der Waals surface area (Å²) in [6, 6.07) is 2.39. The molecule has 23 heavy (non-hydrogen) atoms. The highest BCUT2D eigenvalue weighted by Crippen LogP contribution is 2.19. The van der Waals surface area contributed by atoms with Crippen molar-refractivity contribution >= 4 is 16.9 Å². The van der Waals surface area contributed by atoms with Crippen molar-refractivity contribution in [3.05, 3.63) is 34.9 Å². The molecule has 0 aliphatic carbocycles. The molecule has 1 aromatic carbocycles. The average molecular weight is 319 g/mol. The van der Waals surface area contributed by atoms with Crippen molar-refractivity contribution in [1.29, 1.82) is 0 Å². The van der Waals surface area contributed by atoms with Crippen LogP contribution in [0.2, 0.25) is 0 Å². The molecule has 1 saturated heterocycles. The van der Waals surface area contributed by atoms with E-state index in [4.69, 9.17) is 9.57 Å². The highest BCUT2D eigenvalue weighted by atomic mass is 19.1.